The number of likely N-dealkylation sites (tertiary alicyclic amines) is 1. The number of nitrogens with one attached hydrogen (secondary N) is 1. The number of pyridine rings is 1. The van der Waals surface area contributed by atoms with Crippen LogP contribution in [0.25, 0.3) is 0 Å². The van der Waals surface area contributed by atoms with Gasteiger partial charge in [0.15, 0.2) is 5.41 Å². The molecule has 0 saturated carbocycles. The number of carbonyl (C=O) groups is 3. The molecule has 3 amide bonds. The summed E-state index contributed by atoms with van der Waals surface area (Å²) in [6.45, 7) is 5.54. The normalized spacial score (nSPS) is 22.4. The lowest BCUT2D eigenvalue weighted by Crippen LogP contribution is -2.66. The number of amides is 3. The van der Waals surface area contributed by atoms with Crippen molar-refractivity contribution in [2.24, 2.45) is 10.8 Å². The number of ether oxygens (including phenoxy) is 1. The van der Waals surface area contributed by atoms with Crippen molar-refractivity contribution in [3.63, 3.8) is 0 Å². The first kappa shape index (κ1) is 26.4. The van der Waals surface area contributed by atoms with Gasteiger partial charge in [-0.1, -0.05) is 36.4 Å². The zero-order valence-corrected chi connectivity index (χ0v) is 21.7. The minimum Gasteiger partial charge on any atom is -0.374 e. The summed E-state index contributed by atoms with van der Waals surface area (Å²) in [5.41, 5.74) is 5.78. The summed E-state index contributed by atoms with van der Waals surface area (Å²) in [5.74, 6) is -1.07. The Balaban J connectivity index is 1.62. The Morgan fingerprint density at radius 2 is 1.92 bits per heavy atom. The average Bonchev–Trinajstić information content (AvgIpc) is 3.14. The molecule has 10 heteroatoms. The number of piperidine rings is 1. The molecule has 0 radical (unpaired) electrons. The number of benzene rings is 1. The summed E-state index contributed by atoms with van der Waals surface area (Å²) >= 11 is 0. The first-order valence-electron chi connectivity index (χ1n) is 12.4. The fourth-order valence-electron chi connectivity index (χ4n) is 4.96. The second kappa shape index (κ2) is 10.4. The molecular formula is C27H34N6O4. The van der Waals surface area contributed by atoms with E-state index in [1.54, 1.807) is 44.1 Å². The predicted molar refractivity (Wildman–Crippen MR) is 138 cm³/mol. The molecule has 1 saturated heterocycles. The largest absolute Gasteiger partial charge is 0.374 e. The maximum absolute atomic E-state index is 14.0. The van der Waals surface area contributed by atoms with E-state index >= 15 is 0 Å². The molecule has 0 spiro atoms. The number of nitrogens with zero attached hydrogens (tertiary/aromatic N) is 4. The van der Waals surface area contributed by atoms with Crippen LogP contribution in [0.3, 0.4) is 0 Å². The predicted octanol–water partition coefficient (Wildman–Crippen LogP) is 1.21. The minimum atomic E-state index is -1.20. The van der Waals surface area contributed by atoms with E-state index in [0.29, 0.717) is 24.4 Å². The quantitative estimate of drug-likeness (QED) is 0.554. The van der Waals surface area contributed by atoms with Gasteiger partial charge >= 0.3 is 0 Å². The highest BCUT2D eigenvalue weighted by Gasteiger charge is 2.60. The van der Waals surface area contributed by atoms with Crippen molar-refractivity contribution in [2.45, 2.75) is 56.8 Å². The molecule has 3 atom stereocenters. The molecule has 2 aliphatic rings. The highest BCUT2D eigenvalue weighted by Crippen LogP contribution is 2.42. The molecule has 1 unspecified atom stereocenters. The molecule has 0 aliphatic carbocycles. The van der Waals surface area contributed by atoms with Gasteiger partial charge in [-0.05, 0) is 38.5 Å². The maximum atomic E-state index is 14.0. The van der Waals surface area contributed by atoms with E-state index in [1.165, 1.54) is 5.01 Å². The van der Waals surface area contributed by atoms with E-state index in [4.69, 9.17) is 10.5 Å². The van der Waals surface area contributed by atoms with E-state index in [9.17, 15) is 14.4 Å². The summed E-state index contributed by atoms with van der Waals surface area (Å²) < 4.78 is 5.86. The Labute approximate surface area is 216 Å². The van der Waals surface area contributed by atoms with Crippen LogP contribution in [0.1, 0.15) is 38.4 Å². The van der Waals surface area contributed by atoms with Crippen molar-refractivity contribution >= 4 is 23.4 Å². The molecule has 4 rings (SSSR count). The van der Waals surface area contributed by atoms with Crippen LogP contribution in [0.2, 0.25) is 0 Å². The summed E-state index contributed by atoms with van der Waals surface area (Å²) in [6.07, 6.45) is 2.03. The van der Waals surface area contributed by atoms with Gasteiger partial charge in [0.25, 0.3) is 5.91 Å². The second-order valence-electron chi connectivity index (χ2n) is 10.1. The molecule has 37 heavy (non-hydrogen) atoms. The molecule has 3 N–H and O–H groups in total. The summed E-state index contributed by atoms with van der Waals surface area (Å²) in [7, 11) is 1.61. The van der Waals surface area contributed by atoms with Gasteiger partial charge in [0, 0.05) is 26.2 Å². The highest BCUT2D eigenvalue weighted by atomic mass is 16.5. The van der Waals surface area contributed by atoms with E-state index in [0.717, 1.165) is 5.56 Å². The summed E-state index contributed by atoms with van der Waals surface area (Å²) in [6, 6.07) is 13.4. The molecular weight excluding hydrogens is 472 g/mol. The van der Waals surface area contributed by atoms with Crippen molar-refractivity contribution < 1.29 is 19.1 Å². The topological polar surface area (TPSA) is 130 Å². The summed E-state index contributed by atoms with van der Waals surface area (Å²) in [5, 5.41) is 8.60. The molecule has 2 aromatic rings. The van der Waals surface area contributed by atoms with Crippen LogP contribution >= 0.6 is 0 Å². The van der Waals surface area contributed by atoms with E-state index < -0.39 is 28.9 Å². The van der Waals surface area contributed by atoms with E-state index in [2.05, 4.69) is 15.4 Å². The van der Waals surface area contributed by atoms with Gasteiger partial charge in [-0.15, -0.1) is 0 Å². The second-order valence-corrected chi connectivity index (χ2v) is 10.1. The van der Waals surface area contributed by atoms with Crippen molar-refractivity contribution in [3.05, 3.63) is 66.0 Å². The molecule has 2 aliphatic heterocycles. The third-order valence-corrected chi connectivity index (χ3v) is 6.98. The average molecular weight is 507 g/mol. The number of hydrogen-bond acceptors (Lipinski definition) is 7. The van der Waals surface area contributed by atoms with Gasteiger partial charge in [0.1, 0.15) is 6.04 Å². The molecule has 3 heterocycles. The fraction of sp³-hybridized carbons (Fsp3) is 0.444. The first-order chi connectivity index (χ1) is 17.6. The van der Waals surface area contributed by atoms with E-state index in [-0.39, 0.29) is 25.0 Å². The van der Waals surface area contributed by atoms with Gasteiger partial charge < -0.3 is 20.7 Å². The van der Waals surface area contributed by atoms with Gasteiger partial charge in [-0.2, -0.15) is 5.10 Å². The van der Waals surface area contributed by atoms with E-state index in [1.807, 2.05) is 43.3 Å². The monoisotopic (exact) mass is 506 g/mol. The Morgan fingerprint density at radius 3 is 2.57 bits per heavy atom. The van der Waals surface area contributed by atoms with Crippen molar-refractivity contribution in [1.29, 1.82) is 0 Å². The van der Waals surface area contributed by atoms with Crippen LogP contribution in [0.4, 0.5) is 0 Å². The number of carbonyl (C=O) groups excluding carboxylic acids is 3. The number of hydrazone groups is 1. The minimum absolute atomic E-state index is 0.0514. The van der Waals surface area contributed by atoms with Gasteiger partial charge in [0.05, 0.1) is 36.2 Å². The Kier molecular flexibility index (Phi) is 7.42. The number of nitrogens with two attached hydrogens (primary N) is 1. The van der Waals surface area contributed by atoms with Crippen LogP contribution in [0, 0.1) is 0 Å². The number of fused-ring (bicyclic) bond motifs is 1. The number of rotatable bonds is 8. The zero-order chi connectivity index (χ0) is 26.8. The lowest BCUT2D eigenvalue weighted by Gasteiger charge is -2.46. The Hall–Kier alpha value is -3.63. The lowest BCUT2D eigenvalue weighted by molar-refractivity contribution is -0.144. The number of likely N-dealkylation sites (N-methyl/N-ethyl adjacent to an activating group) is 1. The summed E-state index contributed by atoms with van der Waals surface area (Å²) in [4.78, 5) is 46.5. The van der Waals surface area contributed by atoms with Gasteiger partial charge in [-0.25, -0.2) is 5.01 Å². The van der Waals surface area contributed by atoms with Gasteiger partial charge in [-0.3, -0.25) is 19.4 Å². The number of hydrogen-bond donors (Lipinski definition) is 2. The fourth-order valence-corrected chi connectivity index (χ4v) is 4.96. The molecule has 196 valence electrons. The lowest BCUT2D eigenvalue weighted by atomic mass is 9.69. The van der Waals surface area contributed by atoms with Gasteiger partial charge in [0.2, 0.25) is 11.8 Å². The van der Waals surface area contributed by atoms with Crippen LogP contribution in [0.15, 0.2) is 59.8 Å². The SMILES string of the molecule is CC1N(C(=O)[C@@H](COCc2ccccc2)NC(=O)C(C)(C)N)CCC2=NN(C)C(=O)[C@]21c1ccccn1. The maximum Gasteiger partial charge on any atom is 0.262 e. The Bertz CT molecular complexity index is 1180. The van der Waals surface area contributed by atoms with Crippen LogP contribution in [-0.2, 0) is 31.1 Å². The third kappa shape index (κ3) is 4.99. The van der Waals surface area contributed by atoms with Crippen molar-refractivity contribution in [2.75, 3.05) is 20.2 Å². The Morgan fingerprint density at radius 1 is 1.22 bits per heavy atom. The van der Waals surface area contributed by atoms with Crippen molar-refractivity contribution in [1.82, 2.24) is 20.2 Å². The zero-order valence-electron chi connectivity index (χ0n) is 21.7. The first-order valence-corrected chi connectivity index (χ1v) is 12.4. The van der Waals surface area contributed by atoms with Crippen LogP contribution in [-0.4, -0.2) is 76.1 Å². The van der Waals surface area contributed by atoms with Crippen LogP contribution in [0.5, 0.6) is 0 Å². The number of aromatic nitrogens is 1. The molecule has 1 aromatic heterocycles. The van der Waals surface area contributed by atoms with Crippen LogP contribution < -0.4 is 11.1 Å². The standard InChI is InChI=1S/C27H34N6O4/c1-18-27(21-12-8-9-14-29-21)22(31-32(4)25(27)36)13-15-33(18)23(34)20(30-24(35)26(2,3)28)17-37-16-19-10-6-5-7-11-19/h5-12,14,18,20H,13,15-17,28H2,1-4H3,(H,30,35)/t18?,20-,27-/m1/s1. The third-order valence-electron chi connectivity index (χ3n) is 6.98. The smallest absolute Gasteiger partial charge is 0.262 e. The van der Waals surface area contributed by atoms with Crippen molar-refractivity contribution in [3.8, 4) is 0 Å². The molecule has 0 bridgehead atoms. The molecule has 1 fully saturated rings. The molecule has 1 aromatic carbocycles. The molecule has 10 nitrogen and oxygen atoms in total. The highest BCUT2D eigenvalue weighted by molar-refractivity contribution is 6.18.